The van der Waals surface area contributed by atoms with Gasteiger partial charge in [0.2, 0.25) is 5.91 Å². The summed E-state index contributed by atoms with van der Waals surface area (Å²) in [5, 5.41) is 7.34. The van der Waals surface area contributed by atoms with E-state index in [9.17, 15) is 27.2 Å². The molecule has 0 bridgehead atoms. The Morgan fingerprint density at radius 1 is 1.06 bits per heavy atom. The maximum Gasteiger partial charge on any atom is 0.416 e. The van der Waals surface area contributed by atoms with Crippen LogP contribution in [0.3, 0.4) is 0 Å². The number of carbonyl (C=O) groups is 1. The molecule has 10 heteroatoms. The Balaban J connectivity index is 1.62. The number of aromatic nitrogens is 3. The smallest absolute Gasteiger partial charge is 0.343 e. The summed E-state index contributed by atoms with van der Waals surface area (Å²) in [5.41, 5.74) is 0.310. The molecule has 6 nitrogen and oxygen atoms in total. The summed E-state index contributed by atoms with van der Waals surface area (Å²) >= 11 is 0. The molecule has 0 fully saturated rings. The van der Waals surface area contributed by atoms with E-state index in [0.29, 0.717) is 22.0 Å². The summed E-state index contributed by atoms with van der Waals surface area (Å²) in [6.45, 7) is 3.25. The number of aryl methyl sites for hydroxylation is 2. The van der Waals surface area contributed by atoms with Crippen LogP contribution in [-0.2, 0) is 24.1 Å². The van der Waals surface area contributed by atoms with Gasteiger partial charge in [0.25, 0.3) is 5.56 Å². The molecule has 34 heavy (non-hydrogen) atoms. The Hall–Kier alpha value is -3.95. The van der Waals surface area contributed by atoms with Crippen LogP contribution >= 0.6 is 0 Å². The molecule has 1 amide bonds. The van der Waals surface area contributed by atoms with Crippen LogP contribution in [0.25, 0.3) is 10.8 Å². The minimum absolute atomic E-state index is 0.0444. The number of rotatable bonds is 5. The van der Waals surface area contributed by atoms with Crippen molar-refractivity contribution in [3.8, 4) is 0 Å². The molecule has 176 valence electrons. The average Bonchev–Trinajstić information content (AvgIpc) is 3.02. The molecule has 2 aromatic carbocycles. The van der Waals surface area contributed by atoms with E-state index >= 15 is 0 Å². The molecule has 0 spiro atoms. The first-order chi connectivity index (χ1) is 16.1. The zero-order valence-corrected chi connectivity index (χ0v) is 18.3. The third-order valence-corrected chi connectivity index (χ3v) is 5.66. The Kier molecular flexibility index (Phi) is 5.99. The minimum Gasteiger partial charge on any atom is -0.343 e. The van der Waals surface area contributed by atoms with Crippen molar-refractivity contribution in [1.29, 1.82) is 0 Å². The molecule has 0 saturated heterocycles. The largest absolute Gasteiger partial charge is 0.416 e. The number of hydrogen-bond acceptors (Lipinski definition) is 3. The summed E-state index contributed by atoms with van der Waals surface area (Å²) in [5.74, 6) is -1.06. The van der Waals surface area contributed by atoms with Gasteiger partial charge in [-0.25, -0.2) is 9.07 Å². The van der Waals surface area contributed by atoms with Gasteiger partial charge in [-0.1, -0.05) is 24.3 Å². The van der Waals surface area contributed by atoms with E-state index in [1.165, 1.54) is 24.4 Å². The van der Waals surface area contributed by atoms with E-state index in [1.807, 2.05) is 0 Å². The Morgan fingerprint density at radius 2 is 1.79 bits per heavy atom. The molecule has 2 aromatic heterocycles. The topological polar surface area (TPSA) is 68.9 Å². The van der Waals surface area contributed by atoms with Crippen molar-refractivity contribution in [3.63, 3.8) is 0 Å². The lowest BCUT2D eigenvalue weighted by atomic mass is 10.2. The molecule has 0 aliphatic heterocycles. The van der Waals surface area contributed by atoms with Crippen molar-refractivity contribution in [2.45, 2.75) is 33.1 Å². The molecule has 1 N–H and O–H groups in total. The predicted octanol–water partition coefficient (Wildman–Crippen LogP) is 4.66. The van der Waals surface area contributed by atoms with Gasteiger partial charge in [0.05, 0.1) is 23.7 Å². The van der Waals surface area contributed by atoms with Gasteiger partial charge >= 0.3 is 6.18 Å². The molecular formula is C24H20F4N4O2. The van der Waals surface area contributed by atoms with Gasteiger partial charge in [0.15, 0.2) is 0 Å². The SMILES string of the molecule is Cc1c2cnn(CC(=O)Nc3cccc(C(F)(F)F)c3)c(=O)c2c(C)n1Cc1ccccc1F. The summed E-state index contributed by atoms with van der Waals surface area (Å²) < 4.78 is 55.6. The second kappa shape index (κ2) is 8.77. The highest BCUT2D eigenvalue weighted by Gasteiger charge is 2.30. The molecular weight excluding hydrogens is 452 g/mol. The van der Waals surface area contributed by atoms with Crippen LogP contribution in [0.15, 0.2) is 59.5 Å². The molecule has 0 atom stereocenters. The van der Waals surface area contributed by atoms with Gasteiger partial charge in [-0.2, -0.15) is 18.3 Å². The van der Waals surface area contributed by atoms with Crippen molar-refractivity contribution in [2.75, 3.05) is 5.32 Å². The Morgan fingerprint density at radius 3 is 2.50 bits per heavy atom. The van der Waals surface area contributed by atoms with Crippen LogP contribution in [0.2, 0.25) is 0 Å². The number of benzene rings is 2. The normalized spacial score (nSPS) is 11.7. The third kappa shape index (κ3) is 4.43. The van der Waals surface area contributed by atoms with Crippen LogP contribution in [0, 0.1) is 19.7 Å². The second-order valence-corrected chi connectivity index (χ2v) is 7.87. The quantitative estimate of drug-likeness (QED) is 0.430. The standard InChI is InChI=1S/C24H20F4N4O2/c1-14-19-11-29-32(13-21(33)30-18-8-5-7-17(10-18)24(26,27)28)23(34)22(19)15(2)31(14)12-16-6-3-4-9-20(16)25/h3-11H,12-13H2,1-2H3,(H,30,33). The van der Waals surface area contributed by atoms with Crippen molar-refractivity contribution in [3.05, 3.63) is 93.4 Å². The molecule has 0 radical (unpaired) electrons. The highest BCUT2D eigenvalue weighted by molar-refractivity contribution is 5.91. The number of halogens is 4. The number of anilines is 1. The summed E-state index contributed by atoms with van der Waals surface area (Å²) in [4.78, 5) is 25.5. The Labute approximate surface area is 191 Å². The lowest BCUT2D eigenvalue weighted by Crippen LogP contribution is -2.29. The first-order valence-corrected chi connectivity index (χ1v) is 10.3. The number of fused-ring (bicyclic) bond motifs is 1. The number of alkyl halides is 3. The molecule has 4 aromatic rings. The van der Waals surface area contributed by atoms with Gasteiger partial charge in [0, 0.05) is 28.0 Å². The first kappa shape index (κ1) is 23.2. The first-order valence-electron chi connectivity index (χ1n) is 10.3. The molecule has 0 aliphatic carbocycles. The average molecular weight is 472 g/mol. The minimum atomic E-state index is -4.55. The lowest BCUT2D eigenvalue weighted by Gasteiger charge is -2.10. The number of carbonyl (C=O) groups excluding carboxylic acids is 1. The summed E-state index contributed by atoms with van der Waals surface area (Å²) in [6.07, 6.45) is -3.09. The molecule has 2 heterocycles. The fraction of sp³-hybridized carbons (Fsp3) is 0.208. The van der Waals surface area contributed by atoms with Gasteiger partial charge < -0.3 is 9.88 Å². The fourth-order valence-corrected chi connectivity index (χ4v) is 3.90. The molecule has 0 aliphatic rings. The summed E-state index contributed by atoms with van der Waals surface area (Å²) in [7, 11) is 0. The maximum atomic E-state index is 14.2. The number of amides is 1. The zero-order valence-electron chi connectivity index (χ0n) is 18.3. The van der Waals surface area contributed by atoms with Gasteiger partial charge in [-0.05, 0) is 38.1 Å². The van der Waals surface area contributed by atoms with Gasteiger partial charge in [0.1, 0.15) is 12.4 Å². The number of nitrogens with one attached hydrogen (secondary N) is 1. The Bertz CT molecular complexity index is 1450. The highest BCUT2D eigenvalue weighted by atomic mass is 19.4. The van der Waals surface area contributed by atoms with Crippen molar-refractivity contribution in [1.82, 2.24) is 14.3 Å². The van der Waals surface area contributed by atoms with Crippen LogP contribution in [0.1, 0.15) is 22.5 Å². The monoisotopic (exact) mass is 472 g/mol. The van der Waals surface area contributed by atoms with Crippen LogP contribution in [-0.4, -0.2) is 20.3 Å². The van der Waals surface area contributed by atoms with Gasteiger partial charge in [-0.15, -0.1) is 0 Å². The number of hydrogen-bond donors (Lipinski definition) is 1. The molecule has 4 rings (SSSR count). The van der Waals surface area contributed by atoms with Crippen molar-refractivity contribution in [2.24, 2.45) is 0 Å². The van der Waals surface area contributed by atoms with E-state index in [1.54, 1.807) is 36.6 Å². The van der Waals surface area contributed by atoms with Crippen LogP contribution in [0.4, 0.5) is 23.2 Å². The zero-order chi connectivity index (χ0) is 24.6. The fourth-order valence-electron chi connectivity index (χ4n) is 3.90. The summed E-state index contributed by atoms with van der Waals surface area (Å²) in [6, 6.07) is 10.6. The van der Waals surface area contributed by atoms with E-state index < -0.39 is 29.8 Å². The van der Waals surface area contributed by atoms with E-state index in [-0.39, 0.29) is 18.0 Å². The maximum absolute atomic E-state index is 14.2. The predicted molar refractivity (Wildman–Crippen MR) is 119 cm³/mol. The van der Waals surface area contributed by atoms with Crippen LogP contribution < -0.4 is 10.9 Å². The van der Waals surface area contributed by atoms with Gasteiger partial charge in [-0.3, -0.25) is 9.59 Å². The lowest BCUT2D eigenvalue weighted by molar-refractivity contribution is -0.137. The van der Waals surface area contributed by atoms with Crippen molar-refractivity contribution < 1.29 is 22.4 Å². The molecule has 0 unspecified atom stereocenters. The van der Waals surface area contributed by atoms with E-state index in [2.05, 4.69) is 10.4 Å². The van der Waals surface area contributed by atoms with E-state index in [0.717, 1.165) is 22.5 Å². The van der Waals surface area contributed by atoms with E-state index in [4.69, 9.17) is 0 Å². The second-order valence-electron chi connectivity index (χ2n) is 7.87. The third-order valence-electron chi connectivity index (χ3n) is 5.66. The number of nitrogens with zero attached hydrogens (tertiary/aromatic N) is 3. The molecule has 0 saturated carbocycles. The highest BCUT2D eigenvalue weighted by Crippen LogP contribution is 2.30. The van der Waals surface area contributed by atoms with Crippen LogP contribution in [0.5, 0.6) is 0 Å². The van der Waals surface area contributed by atoms with Crippen molar-refractivity contribution >= 4 is 22.4 Å².